The molecule has 4 unspecified atom stereocenters. The number of methoxy groups -OCH3 is 1. The molecule has 2 rings (SSSR count). The van der Waals surface area contributed by atoms with Crippen molar-refractivity contribution in [3.8, 4) is 0 Å². The lowest BCUT2D eigenvalue weighted by molar-refractivity contribution is -0.145. The second-order valence-corrected chi connectivity index (χ2v) is 10.5. The minimum absolute atomic E-state index is 0.0515. The van der Waals surface area contributed by atoms with Crippen molar-refractivity contribution in [2.24, 2.45) is 28.9 Å². The van der Waals surface area contributed by atoms with Crippen LogP contribution in [0.2, 0.25) is 0 Å². The third-order valence-electron chi connectivity index (χ3n) is 7.90. The highest BCUT2D eigenvalue weighted by atomic mass is 16.5. The predicted octanol–water partition coefficient (Wildman–Crippen LogP) is 6.27. The molecule has 4 nitrogen and oxygen atoms in total. The number of esters is 1. The zero-order valence-corrected chi connectivity index (χ0v) is 21.4. The molecular formula is C29H47NO3. The molecule has 186 valence electrons. The molecule has 0 aromatic heterocycles. The highest BCUT2D eigenvalue weighted by Crippen LogP contribution is 2.49. The Morgan fingerprint density at radius 3 is 2.76 bits per heavy atom. The molecule has 2 fully saturated rings. The largest absolute Gasteiger partial charge is 0.469 e. The van der Waals surface area contributed by atoms with Crippen molar-refractivity contribution in [1.82, 2.24) is 0 Å². The van der Waals surface area contributed by atoms with Crippen molar-refractivity contribution < 1.29 is 14.6 Å². The van der Waals surface area contributed by atoms with E-state index >= 15 is 0 Å². The van der Waals surface area contributed by atoms with Crippen molar-refractivity contribution in [3.63, 3.8) is 0 Å². The van der Waals surface area contributed by atoms with Crippen LogP contribution in [0.5, 0.6) is 0 Å². The quantitative estimate of drug-likeness (QED) is 0.300. The van der Waals surface area contributed by atoms with Crippen LogP contribution < -0.4 is 5.73 Å². The number of aliphatic hydroxyl groups is 1. The van der Waals surface area contributed by atoms with Gasteiger partial charge in [-0.15, -0.1) is 0 Å². The van der Waals surface area contributed by atoms with Crippen LogP contribution in [0.4, 0.5) is 0 Å². The number of nitrogens with two attached hydrogens (primary N) is 1. The lowest BCUT2D eigenvalue weighted by atomic mass is 9.60. The molecule has 2 aliphatic rings. The predicted molar refractivity (Wildman–Crippen MR) is 138 cm³/mol. The van der Waals surface area contributed by atoms with E-state index < -0.39 is 0 Å². The maximum atomic E-state index is 11.9. The van der Waals surface area contributed by atoms with Gasteiger partial charge >= 0.3 is 5.97 Å². The first-order valence-corrected chi connectivity index (χ1v) is 13.0. The number of rotatable bonds is 10. The van der Waals surface area contributed by atoms with Gasteiger partial charge in [-0.2, -0.15) is 0 Å². The fourth-order valence-corrected chi connectivity index (χ4v) is 5.94. The molecule has 33 heavy (non-hydrogen) atoms. The SMILES string of the molecule is C=C1/C(=C\C=C2/CCCC(C)(C[C@H](C)/C=C/CC(CC)C(=O)OC)C2CCN)CCCC1O. The summed E-state index contributed by atoms with van der Waals surface area (Å²) in [4.78, 5) is 11.9. The molecule has 4 heteroatoms. The van der Waals surface area contributed by atoms with Crippen LogP contribution in [0.1, 0.15) is 85.0 Å². The summed E-state index contributed by atoms with van der Waals surface area (Å²) in [6.07, 6.45) is 18.7. The first-order valence-electron chi connectivity index (χ1n) is 13.0. The third-order valence-corrected chi connectivity index (χ3v) is 7.90. The maximum absolute atomic E-state index is 11.9. The molecule has 2 saturated carbocycles. The fourth-order valence-electron chi connectivity index (χ4n) is 5.94. The van der Waals surface area contributed by atoms with Gasteiger partial charge in [-0.3, -0.25) is 4.79 Å². The minimum atomic E-state index is -0.390. The average Bonchev–Trinajstić information content (AvgIpc) is 2.79. The van der Waals surface area contributed by atoms with Gasteiger partial charge in [0.25, 0.3) is 0 Å². The van der Waals surface area contributed by atoms with Gasteiger partial charge in [0.2, 0.25) is 0 Å². The van der Waals surface area contributed by atoms with Crippen LogP contribution in [0.25, 0.3) is 0 Å². The summed E-state index contributed by atoms with van der Waals surface area (Å²) < 4.78 is 4.92. The van der Waals surface area contributed by atoms with Gasteiger partial charge in [-0.1, -0.05) is 57.2 Å². The molecule has 3 N–H and O–H groups in total. The second kappa shape index (κ2) is 13.3. The molecule has 0 radical (unpaired) electrons. The van der Waals surface area contributed by atoms with Gasteiger partial charge < -0.3 is 15.6 Å². The summed E-state index contributed by atoms with van der Waals surface area (Å²) >= 11 is 0. The molecule has 0 amide bonds. The zero-order chi connectivity index (χ0) is 24.4. The average molecular weight is 458 g/mol. The van der Waals surface area contributed by atoms with E-state index in [1.807, 2.05) is 6.92 Å². The van der Waals surface area contributed by atoms with E-state index in [4.69, 9.17) is 10.5 Å². The van der Waals surface area contributed by atoms with Crippen LogP contribution in [-0.2, 0) is 9.53 Å². The number of hydrogen-bond acceptors (Lipinski definition) is 4. The normalized spacial score (nSPS) is 30.7. The van der Waals surface area contributed by atoms with Crippen LogP contribution in [0.15, 0.2) is 47.6 Å². The van der Waals surface area contributed by atoms with E-state index in [0.717, 1.165) is 56.9 Å². The Morgan fingerprint density at radius 2 is 2.09 bits per heavy atom. The smallest absolute Gasteiger partial charge is 0.308 e. The number of ether oxygens (including phenoxy) is 1. The standard InChI is InChI=1S/C29H47NO3/c1-6-23(28(32)33-5)11-7-10-21(2)20-29(4)18-9-13-25(26(29)17-19-30)16-15-24-12-8-14-27(31)22(24)3/h7,10,15-16,21,23,26-27,31H,3,6,8-9,11-14,17-20,30H2,1-2,4-5H3/b10-7+,24-15-,25-16+/t21-,23?,26?,27?,29?/m1/s1. The number of carbonyl (C=O) groups is 1. The van der Waals surface area contributed by atoms with Crippen LogP contribution in [0, 0.1) is 23.2 Å². The number of hydrogen-bond donors (Lipinski definition) is 2. The summed E-state index contributed by atoms with van der Waals surface area (Å²) in [5, 5.41) is 10.2. The van der Waals surface area contributed by atoms with Crippen molar-refractivity contribution in [3.05, 3.63) is 47.6 Å². The molecular weight excluding hydrogens is 410 g/mol. The monoisotopic (exact) mass is 457 g/mol. The lowest BCUT2D eigenvalue weighted by Gasteiger charge is -2.44. The summed E-state index contributed by atoms with van der Waals surface area (Å²) in [7, 11) is 1.46. The van der Waals surface area contributed by atoms with Crippen LogP contribution >= 0.6 is 0 Å². The van der Waals surface area contributed by atoms with Gasteiger partial charge in [0, 0.05) is 0 Å². The minimum Gasteiger partial charge on any atom is -0.469 e. The Hall–Kier alpha value is -1.65. The van der Waals surface area contributed by atoms with E-state index in [1.54, 1.807) is 0 Å². The van der Waals surface area contributed by atoms with Crippen molar-refractivity contribution in [2.45, 2.75) is 91.1 Å². The number of carbonyl (C=O) groups excluding carboxylic acids is 1. The van der Waals surface area contributed by atoms with Crippen LogP contribution in [0.3, 0.4) is 0 Å². The summed E-state index contributed by atoms with van der Waals surface area (Å²) in [6, 6.07) is 0. The molecule has 0 spiro atoms. The Balaban J connectivity index is 2.12. The molecule has 0 aromatic carbocycles. The molecule has 5 atom stereocenters. The van der Waals surface area contributed by atoms with E-state index in [-0.39, 0.29) is 23.4 Å². The summed E-state index contributed by atoms with van der Waals surface area (Å²) in [5.74, 6) is 0.749. The van der Waals surface area contributed by atoms with E-state index in [2.05, 4.69) is 44.7 Å². The van der Waals surface area contributed by atoms with E-state index in [9.17, 15) is 9.90 Å². The van der Waals surface area contributed by atoms with Crippen LogP contribution in [-0.4, -0.2) is 30.8 Å². The molecule has 0 aliphatic heterocycles. The molecule has 0 bridgehead atoms. The van der Waals surface area contributed by atoms with E-state index in [0.29, 0.717) is 18.4 Å². The van der Waals surface area contributed by atoms with Gasteiger partial charge in [0.05, 0.1) is 19.1 Å². The van der Waals surface area contributed by atoms with Gasteiger partial charge in [0.15, 0.2) is 0 Å². The first kappa shape index (κ1) is 27.6. The fraction of sp³-hybridized carbons (Fsp3) is 0.690. The third kappa shape index (κ3) is 7.68. The number of allylic oxidation sites excluding steroid dienone is 5. The summed E-state index contributed by atoms with van der Waals surface area (Å²) in [6.45, 7) is 11.6. The van der Waals surface area contributed by atoms with Gasteiger partial charge in [-0.05, 0) is 99.1 Å². The Labute approximate surface area is 202 Å². The first-order chi connectivity index (χ1) is 15.8. The lowest BCUT2D eigenvalue weighted by Crippen LogP contribution is -2.35. The van der Waals surface area contributed by atoms with Crippen molar-refractivity contribution in [2.75, 3.05) is 13.7 Å². The van der Waals surface area contributed by atoms with E-state index in [1.165, 1.54) is 31.1 Å². The summed E-state index contributed by atoms with van der Waals surface area (Å²) in [5.41, 5.74) is 9.88. The zero-order valence-electron chi connectivity index (χ0n) is 21.4. The van der Waals surface area contributed by atoms with Crippen molar-refractivity contribution >= 4 is 5.97 Å². The molecule has 0 saturated heterocycles. The molecule has 2 aliphatic carbocycles. The highest BCUT2D eigenvalue weighted by Gasteiger charge is 2.39. The topological polar surface area (TPSA) is 72.5 Å². The van der Waals surface area contributed by atoms with Gasteiger partial charge in [-0.25, -0.2) is 0 Å². The Bertz CT molecular complexity index is 750. The number of aliphatic hydroxyl groups excluding tert-OH is 1. The molecule has 0 heterocycles. The molecule has 0 aromatic rings. The maximum Gasteiger partial charge on any atom is 0.308 e. The Kier molecular flexibility index (Phi) is 11.1. The van der Waals surface area contributed by atoms with Crippen molar-refractivity contribution in [1.29, 1.82) is 0 Å². The Morgan fingerprint density at radius 1 is 1.33 bits per heavy atom. The van der Waals surface area contributed by atoms with Gasteiger partial charge in [0.1, 0.15) is 0 Å². The second-order valence-electron chi connectivity index (χ2n) is 10.5. The highest BCUT2D eigenvalue weighted by molar-refractivity contribution is 5.72.